The van der Waals surface area contributed by atoms with E-state index in [2.05, 4.69) is 71.5 Å². The van der Waals surface area contributed by atoms with Crippen molar-refractivity contribution in [2.24, 2.45) is 7.05 Å². The lowest BCUT2D eigenvalue weighted by Crippen LogP contribution is -2.42. The number of anilines is 1. The number of carboxylic acids is 1. The van der Waals surface area contributed by atoms with Crippen LogP contribution in [0.15, 0.2) is 91.3 Å². The van der Waals surface area contributed by atoms with E-state index in [9.17, 15) is 4.79 Å². The van der Waals surface area contributed by atoms with E-state index in [1.807, 2.05) is 42.3 Å². The van der Waals surface area contributed by atoms with Gasteiger partial charge in [-0.15, -0.1) is 0 Å². The van der Waals surface area contributed by atoms with Gasteiger partial charge in [0.05, 0.1) is 12.2 Å². The van der Waals surface area contributed by atoms with Crippen LogP contribution < -0.4 is 4.90 Å². The number of para-hydroxylation sites is 1. The Bertz CT molecular complexity index is 1340. The van der Waals surface area contributed by atoms with Crippen molar-refractivity contribution in [2.45, 2.75) is 25.4 Å². The summed E-state index contributed by atoms with van der Waals surface area (Å²) >= 11 is 0. The van der Waals surface area contributed by atoms with Gasteiger partial charge in [0.2, 0.25) is 0 Å². The monoisotopic (exact) mass is 449 g/mol. The van der Waals surface area contributed by atoms with Gasteiger partial charge < -0.3 is 10.0 Å². The van der Waals surface area contributed by atoms with Crippen molar-refractivity contribution in [3.63, 3.8) is 0 Å². The van der Waals surface area contributed by atoms with Crippen molar-refractivity contribution in [1.29, 1.82) is 0 Å². The number of fused-ring (bicyclic) bond motifs is 1. The highest BCUT2D eigenvalue weighted by atomic mass is 16.4. The Morgan fingerprint density at radius 3 is 2.47 bits per heavy atom. The Morgan fingerprint density at radius 1 is 1.03 bits per heavy atom. The number of nitrogens with zero attached hydrogens (tertiary/aromatic N) is 3. The van der Waals surface area contributed by atoms with E-state index in [4.69, 9.17) is 5.11 Å². The van der Waals surface area contributed by atoms with Gasteiger partial charge in [-0.25, -0.2) is 4.79 Å². The van der Waals surface area contributed by atoms with Crippen molar-refractivity contribution >= 4 is 17.7 Å². The van der Waals surface area contributed by atoms with E-state index in [0.717, 1.165) is 17.5 Å². The maximum atomic E-state index is 10.9. The Morgan fingerprint density at radius 2 is 1.79 bits per heavy atom. The number of aryl methyl sites for hydroxylation is 1. The molecular formula is C29H27N3O2. The number of benzene rings is 3. The summed E-state index contributed by atoms with van der Waals surface area (Å²) in [4.78, 5) is 13.4. The average Bonchev–Trinajstić information content (AvgIpc) is 3.28. The molecule has 1 unspecified atom stereocenters. The molecule has 34 heavy (non-hydrogen) atoms. The summed E-state index contributed by atoms with van der Waals surface area (Å²) in [5, 5.41) is 13.3. The van der Waals surface area contributed by atoms with Crippen LogP contribution in [0.4, 0.5) is 5.69 Å². The van der Waals surface area contributed by atoms with Gasteiger partial charge in [0.15, 0.2) is 0 Å². The van der Waals surface area contributed by atoms with E-state index in [1.54, 1.807) is 6.08 Å². The number of aliphatic carboxylic acids is 1. The second-order valence-corrected chi connectivity index (χ2v) is 8.85. The molecule has 5 heteroatoms. The predicted molar refractivity (Wildman–Crippen MR) is 136 cm³/mol. The second-order valence-electron chi connectivity index (χ2n) is 8.85. The third-order valence-electron chi connectivity index (χ3n) is 6.47. The molecule has 1 aromatic heterocycles. The summed E-state index contributed by atoms with van der Waals surface area (Å²) in [5.41, 5.74) is 8.18. The van der Waals surface area contributed by atoms with Gasteiger partial charge in [0.1, 0.15) is 0 Å². The first-order valence-electron chi connectivity index (χ1n) is 11.5. The summed E-state index contributed by atoms with van der Waals surface area (Å²) in [6.07, 6.45) is 7.70. The van der Waals surface area contributed by atoms with Gasteiger partial charge in [0, 0.05) is 36.6 Å². The maximum Gasteiger partial charge on any atom is 0.328 e. The number of carboxylic acid groups (broad SMARTS) is 1. The second kappa shape index (κ2) is 9.02. The Kier molecular flexibility index (Phi) is 5.76. The maximum absolute atomic E-state index is 10.9. The number of hydrogen-bond donors (Lipinski definition) is 1. The number of rotatable bonds is 5. The lowest BCUT2D eigenvalue weighted by Gasteiger charge is -2.44. The van der Waals surface area contributed by atoms with Crippen LogP contribution in [0.25, 0.3) is 17.2 Å². The van der Waals surface area contributed by atoms with Gasteiger partial charge in [-0.05, 0) is 59.4 Å². The number of carbonyl (C=O) groups is 1. The summed E-state index contributed by atoms with van der Waals surface area (Å²) in [6, 6.07) is 25.9. The molecule has 0 spiro atoms. The van der Waals surface area contributed by atoms with Gasteiger partial charge in [-0.2, -0.15) is 5.10 Å². The Balaban J connectivity index is 1.60. The van der Waals surface area contributed by atoms with E-state index in [-0.39, 0.29) is 6.04 Å². The van der Waals surface area contributed by atoms with E-state index < -0.39 is 5.97 Å². The largest absolute Gasteiger partial charge is 0.478 e. The minimum Gasteiger partial charge on any atom is -0.478 e. The molecule has 170 valence electrons. The van der Waals surface area contributed by atoms with Crippen LogP contribution in [0.1, 0.15) is 35.2 Å². The molecule has 0 aliphatic carbocycles. The molecule has 0 amide bonds. The zero-order valence-electron chi connectivity index (χ0n) is 19.3. The van der Waals surface area contributed by atoms with Crippen molar-refractivity contribution in [3.05, 3.63) is 114 Å². The standard InChI is InChI=1S/C29H27N3O2/c1-20-16-24-17-23(25-18-30-31(2)19-25)13-14-27(24)29(32(20)26-6-4-3-5-7-26)22-11-8-21(9-12-22)10-15-28(33)34/h3-15,17-20,29H,16H2,1-2H3,(H,33,34)/b15-10+/t20-,29?/m1/s1. The molecule has 5 nitrogen and oxygen atoms in total. The molecule has 3 aromatic carbocycles. The van der Waals surface area contributed by atoms with Gasteiger partial charge in [0.25, 0.3) is 0 Å². The third-order valence-corrected chi connectivity index (χ3v) is 6.47. The molecule has 1 aliphatic rings. The van der Waals surface area contributed by atoms with Crippen LogP contribution in [-0.2, 0) is 18.3 Å². The first-order valence-corrected chi connectivity index (χ1v) is 11.5. The molecule has 0 bridgehead atoms. The number of aromatic nitrogens is 2. The van der Waals surface area contributed by atoms with Crippen LogP contribution >= 0.6 is 0 Å². The third kappa shape index (κ3) is 4.25. The average molecular weight is 450 g/mol. The first-order chi connectivity index (χ1) is 16.5. The highest BCUT2D eigenvalue weighted by Gasteiger charge is 2.33. The fraction of sp³-hybridized carbons (Fsp3) is 0.172. The normalized spacial score (nSPS) is 17.6. The van der Waals surface area contributed by atoms with Gasteiger partial charge in [-0.3, -0.25) is 4.68 Å². The SMILES string of the molecule is C[C@@H]1Cc2cc(-c3cnn(C)c3)ccc2C(c2ccc(/C=C/C(=O)O)cc2)N1c1ccccc1. The van der Waals surface area contributed by atoms with Crippen molar-refractivity contribution in [3.8, 4) is 11.1 Å². The molecule has 5 rings (SSSR count). The minimum absolute atomic E-state index is 0.0570. The molecule has 2 atom stereocenters. The summed E-state index contributed by atoms with van der Waals surface area (Å²) < 4.78 is 1.83. The van der Waals surface area contributed by atoms with E-state index in [1.165, 1.54) is 34.0 Å². The Labute approximate surface area is 199 Å². The molecule has 4 aromatic rings. The molecule has 0 saturated carbocycles. The number of hydrogen-bond acceptors (Lipinski definition) is 3. The molecule has 0 radical (unpaired) electrons. The fourth-order valence-electron chi connectivity index (χ4n) is 4.92. The van der Waals surface area contributed by atoms with E-state index >= 15 is 0 Å². The summed E-state index contributed by atoms with van der Waals surface area (Å²) in [6.45, 7) is 2.28. The highest BCUT2D eigenvalue weighted by molar-refractivity contribution is 5.85. The van der Waals surface area contributed by atoms with Crippen molar-refractivity contribution in [2.75, 3.05) is 4.90 Å². The van der Waals surface area contributed by atoms with Crippen molar-refractivity contribution in [1.82, 2.24) is 9.78 Å². The molecule has 1 aliphatic heterocycles. The van der Waals surface area contributed by atoms with Gasteiger partial charge >= 0.3 is 5.97 Å². The van der Waals surface area contributed by atoms with Crippen LogP contribution in [0.2, 0.25) is 0 Å². The van der Waals surface area contributed by atoms with Crippen LogP contribution in [0.5, 0.6) is 0 Å². The molecule has 2 heterocycles. The Hall–Kier alpha value is -4.12. The van der Waals surface area contributed by atoms with Gasteiger partial charge in [-0.1, -0.05) is 60.7 Å². The fourth-order valence-corrected chi connectivity index (χ4v) is 4.92. The molecular weight excluding hydrogens is 422 g/mol. The quantitative estimate of drug-likeness (QED) is 0.396. The summed E-state index contributed by atoms with van der Waals surface area (Å²) in [5.74, 6) is -0.946. The molecule has 0 saturated heterocycles. The van der Waals surface area contributed by atoms with E-state index in [0.29, 0.717) is 6.04 Å². The van der Waals surface area contributed by atoms with Crippen LogP contribution in [-0.4, -0.2) is 26.9 Å². The lowest BCUT2D eigenvalue weighted by atomic mass is 9.83. The zero-order valence-corrected chi connectivity index (χ0v) is 19.3. The minimum atomic E-state index is -0.946. The molecule has 0 fully saturated rings. The highest BCUT2D eigenvalue weighted by Crippen LogP contribution is 2.42. The summed E-state index contributed by atoms with van der Waals surface area (Å²) in [7, 11) is 1.94. The molecule has 1 N–H and O–H groups in total. The van der Waals surface area contributed by atoms with Crippen LogP contribution in [0, 0.1) is 0 Å². The predicted octanol–water partition coefficient (Wildman–Crippen LogP) is 5.73. The van der Waals surface area contributed by atoms with Crippen molar-refractivity contribution < 1.29 is 9.90 Å². The lowest BCUT2D eigenvalue weighted by molar-refractivity contribution is -0.131. The topological polar surface area (TPSA) is 58.4 Å². The first kappa shape index (κ1) is 21.7. The smallest absolute Gasteiger partial charge is 0.328 e. The van der Waals surface area contributed by atoms with Crippen LogP contribution in [0.3, 0.4) is 0 Å². The zero-order chi connectivity index (χ0) is 23.7.